The van der Waals surface area contributed by atoms with Crippen molar-refractivity contribution in [3.05, 3.63) is 70.2 Å². The smallest absolute Gasteiger partial charge is 0.220 e. The van der Waals surface area contributed by atoms with Gasteiger partial charge in [-0.1, -0.05) is 17.7 Å². The Hall–Kier alpha value is -2.27. The highest BCUT2D eigenvalue weighted by Gasteiger charge is 2.14. The predicted octanol–water partition coefficient (Wildman–Crippen LogP) is 4.46. The van der Waals surface area contributed by atoms with Crippen molar-refractivity contribution in [1.82, 2.24) is 5.32 Å². The maximum absolute atomic E-state index is 13.2. The van der Waals surface area contributed by atoms with Gasteiger partial charge in [0.2, 0.25) is 5.91 Å². The molecule has 24 heavy (non-hydrogen) atoms. The summed E-state index contributed by atoms with van der Waals surface area (Å²) in [6.45, 7) is 1.66. The Labute approximate surface area is 143 Å². The second kappa shape index (κ2) is 8.02. The molecule has 0 saturated heterocycles. The first-order valence-electron chi connectivity index (χ1n) is 7.40. The summed E-state index contributed by atoms with van der Waals surface area (Å²) in [5.74, 6) is -2.41. The minimum atomic E-state index is -0.966. The molecule has 0 aliphatic heterocycles. The van der Waals surface area contributed by atoms with Crippen molar-refractivity contribution in [3.63, 3.8) is 0 Å². The molecule has 1 unspecified atom stereocenters. The number of nitrogens with one attached hydrogen (secondary N) is 1. The molecule has 0 fully saturated rings. The fourth-order valence-electron chi connectivity index (χ4n) is 2.19. The monoisotopic (exact) mass is 351 g/mol. The van der Waals surface area contributed by atoms with Crippen LogP contribution in [0.5, 0.6) is 0 Å². The first-order valence-corrected chi connectivity index (χ1v) is 7.77. The molecule has 0 aliphatic rings. The van der Waals surface area contributed by atoms with Gasteiger partial charge in [0.25, 0.3) is 0 Å². The molecule has 0 spiro atoms. The van der Waals surface area contributed by atoms with E-state index >= 15 is 0 Å². The van der Waals surface area contributed by atoms with E-state index in [1.807, 2.05) is 0 Å². The van der Waals surface area contributed by atoms with Gasteiger partial charge in [0.05, 0.1) is 6.04 Å². The van der Waals surface area contributed by atoms with Crippen molar-refractivity contribution in [2.45, 2.75) is 25.8 Å². The van der Waals surface area contributed by atoms with Gasteiger partial charge in [-0.25, -0.2) is 8.78 Å². The molecule has 3 nitrogen and oxygen atoms in total. The van der Waals surface area contributed by atoms with Gasteiger partial charge in [-0.05, 0) is 48.9 Å². The number of ketones is 1. The van der Waals surface area contributed by atoms with Gasteiger partial charge in [-0.2, -0.15) is 0 Å². The van der Waals surface area contributed by atoms with E-state index in [4.69, 9.17) is 11.6 Å². The Morgan fingerprint density at radius 2 is 1.71 bits per heavy atom. The summed E-state index contributed by atoms with van der Waals surface area (Å²) < 4.78 is 26.1. The average molecular weight is 352 g/mol. The topological polar surface area (TPSA) is 46.2 Å². The third-order valence-electron chi connectivity index (χ3n) is 3.57. The van der Waals surface area contributed by atoms with E-state index in [1.54, 1.807) is 31.2 Å². The molecule has 2 aromatic carbocycles. The van der Waals surface area contributed by atoms with Crippen molar-refractivity contribution in [1.29, 1.82) is 0 Å². The number of halogens is 3. The van der Waals surface area contributed by atoms with Crippen LogP contribution in [0, 0.1) is 11.6 Å². The number of hydrogen-bond acceptors (Lipinski definition) is 2. The van der Waals surface area contributed by atoms with Crippen molar-refractivity contribution < 1.29 is 18.4 Å². The molecule has 2 aromatic rings. The van der Waals surface area contributed by atoms with Crippen LogP contribution in [0.4, 0.5) is 8.78 Å². The number of amides is 1. The Morgan fingerprint density at radius 3 is 2.33 bits per heavy atom. The van der Waals surface area contributed by atoms with E-state index in [0.717, 1.165) is 12.1 Å². The van der Waals surface area contributed by atoms with Gasteiger partial charge in [-0.15, -0.1) is 0 Å². The molecule has 0 aromatic heterocycles. The Morgan fingerprint density at radius 1 is 1.04 bits per heavy atom. The predicted molar refractivity (Wildman–Crippen MR) is 87.9 cm³/mol. The van der Waals surface area contributed by atoms with Gasteiger partial charge in [-0.3, -0.25) is 9.59 Å². The Kier molecular flexibility index (Phi) is 6.04. The molecule has 2 rings (SSSR count). The van der Waals surface area contributed by atoms with E-state index in [0.29, 0.717) is 16.1 Å². The van der Waals surface area contributed by atoms with Crippen LogP contribution in [0.15, 0.2) is 42.5 Å². The summed E-state index contributed by atoms with van der Waals surface area (Å²) in [7, 11) is 0. The highest BCUT2D eigenvalue weighted by Crippen LogP contribution is 2.16. The average Bonchev–Trinajstić information content (AvgIpc) is 2.55. The lowest BCUT2D eigenvalue weighted by atomic mass is 10.1. The number of hydrogen-bond donors (Lipinski definition) is 1. The van der Waals surface area contributed by atoms with Crippen LogP contribution in [0.25, 0.3) is 0 Å². The quantitative estimate of drug-likeness (QED) is 0.781. The highest BCUT2D eigenvalue weighted by molar-refractivity contribution is 6.30. The lowest BCUT2D eigenvalue weighted by molar-refractivity contribution is -0.121. The Balaban J connectivity index is 1.87. The molecule has 1 amide bonds. The normalized spacial score (nSPS) is 11.8. The SMILES string of the molecule is CC(NC(=O)CCC(=O)c1ccc(Cl)cc1)c1ccc(F)c(F)c1. The fraction of sp³-hybridized carbons (Fsp3) is 0.222. The molecular formula is C18H16ClF2NO2. The van der Waals surface area contributed by atoms with Crippen molar-refractivity contribution in [2.24, 2.45) is 0 Å². The Bertz CT molecular complexity index is 747. The second-order valence-corrected chi connectivity index (χ2v) is 5.83. The van der Waals surface area contributed by atoms with E-state index < -0.39 is 17.7 Å². The number of carbonyl (C=O) groups is 2. The van der Waals surface area contributed by atoms with E-state index in [2.05, 4.69) is 5.32 Å². The molecule has 6 heteroatoms. The van der Waals surface area contributed by atoms with Crippen LogP contribution in [0.2, 0.25) is 5.02 Å². The number of rotatable bonds is 6. The summed E-state index contributed by atoms with van der Waals surface area (Å²) in [6.07, 6.45) is 0.0629. The van der Waals surface area contributed by atoms with Crippen LogP contribution in [0.1, 0.15) is 41.7 Å². The second-order valence-electron chi connectivity index (χ2n) is 5.39. The maximum atomic E-state index is 13.2. The van der Waals surface area contributed by atoms with Gasteiger partial charge < -0.3 is 5.32 Å². The first-order chi connectivity index (χ1) is 11.4. The molecule has 0 radical (unpaired) electrons. The van der Waals surface area contributed by atoms with E-state index in [-0.39, 0.29) is 24.5 Å². The van der Waals surface area contributed by atoms with Crippen LogP contribution >= 0.6 is 11.6 Å². The molecule has 1 atom stereocenters. The molecule has 0 aliphatic carbocycles. The van der Waals surface area contributed by atoms with Gasteiger partial charge in [0.15, 0.2) is 17.4 Å². The van der Waals surface area contributed by atoms with Gasteiger partial charge >= 0.3 is 0 Å². The fourth-order valence-corrected chi connectivity index (χ4v) is 2.31. The van der Waals surface area contributed by atoms with Crippen molar-refractivity contribution in [2.75, 3.05) is 0 Å². The van der Waals surface area contributed by atoms with Gasteiger partial charge in [0, 0.05) is 23.4 Å². The summed E-state index contributed by atoms with van der Waals surface area (Å²) >= 11 is 5.75. The minimum Gasteiger partial charge on any atom is -0.350 e. The maximum Gasteiger partial charge on any atom is 0.220 e. The minimum absolute atomic E-state index is 0.00940. The first kappa shape index (κ1) is 18.1. The standard InChI is InChI=1S/C18H16ClF2NO2/c1-11(13-4-7-15(20)16(21)10-13)22-18(24)9-8-17(23)12-2-5-14(19)6-3-12/h2-7,10-11H,8-9H2,1H3,(H,22,24). The van der Waals surface area contributed by atoms with Crippen LogP contribution in [-0.4, -0.2) is 11.7 Å². The lowest BCUT2D eigenvalue weighted by Gasteiger charge is -2.14. The van der Waals surface area contributed by atoms with Crippen LogP contribution in [0.3, 0.4) is 0 Å². The lowest BCUT2D eigenvalue weighted by Crippen LogP contribution is -2.27. The molecule has 0 saturated carbocycles. The van der Waals surface area contributed by atoms with E-state index in [1.165, 1.54) is 6.07 Å². The summed E-state index contributed by atoms with van der Waals surface area (Å²) in [5, 5.41) is 3.19. The van der Waals surface area contributed by atoms with Gasteiger partial charge in [0.1, 0.15) is 0 Å². The number of Topliss-reactive ketones (excluding diaryl/α,β-unsaturated/α-hetero) is 1. The summed E-state index contributed by atoms with van der Waals surface area (Å²) in [5.41, 5.74) is 0.937. The largest absolute Gasteiger partial charge is 0.350 e. The van der Waals surface area contributed by atoms with Crippen molar-refractivity contribution >= 4 is 23.3 Å². The molecule has 0 heterocycles. The zero-order chi connectivity index (χ0) is 17.7. The zero-order valence-corrected chi connectivity index (χ0v) is 13.7. The van der Waals surface area contributed by atoms with Crippen molar-refractivity contribution in [3.8, 4) is 0 Å². The third-order valence-corrected chi connectivity index (χ3v) is 3.82. The zero-order valence-electron chi connectivity index (χ0n) is 13.0. The molecular weight excluding hydrogens is 336 g/mol. The third kappa shape index (κ3) is 4.86. The van der Waals surface area contributed by atoms with Crippen LogP contribution in [-0.2, 0) is 4.79 Å². The summed E-state index contributed by atoms with van der Waals surface area (Å²) in [6, 6.07) is 9.40. The number of benzene rings is 2. The molecule has 0 bridgehead atoms. The van der Waals surface area contributed by atoms with Crippen LogP contribution < -0.4 is 5.32 Å². The summed E-state index contributed by atoms with van der Waals surface area (Å²) in [4.78, 5) is 23.9. The van der Waals surface area contributed by atoms with E-state index in [9.17, 15) is 18.4 Å². The number of carbonyl (C=O) groups excluding carboxylic acids is 2. The molecule has 1 N–H and O–H groups in total. The molecule has 126 valence electrons. The highest BCUT2D eigenvalue weighted by atomic mass is 35.5.